The van der Waals surface area contributed by atoms with E-state index < -0.39 is 10.0 Å². The molecule has 2 fully saturated rings. The molecule has 1 atom stereocenters. The minimum absolute atomic E-state index is 0.0509. The van der Waals surface area contributed by atoms with Crippen molar-refractivity contribution in [3.8, 4) is 0 Å². The van der Waals surface area contributed by atoms with Crippen LogP contribution in [-0.2, 0) is 10.0 Å². The van der Waals surface area contributed by atoms with Gasteiger partial charge in [-0.2, -0.15) is 0 Å². The molecule has 1 unspecified atom stereocenters. The number of carbonyl (C=O) groups excluding carboxylic acids is 1. The topological polar surface area (TPSA) is 66.5 Å². The van der Waals surface area contributed by atoms with E-state index in [1.54, 1.807) is 12.1 Å². The average Bonchev–Trinajstić information content (AvgIpc) is 3.34. The first-order chi connectivity index (χ1) is 11.4. The Morgan fingerprint density at radius 1 is 1.17 bits per heavy atom. The van der Waals surface area contributed by atoms with Crippen LogP contribution in [0.5, 0.6) is 0 Å². The first-order valence-electron chi connectivity index (χ1n) is 8.79. The zero-order valence-corrected chi connectivity index (χ0v) is 15.2. The van der Waals surface area contributed by atoms with Gasteiger partial charge in [0.05, 0.1) is 4.90 Å². The van der Waals surface area contributed by atoms with Crippen LogP contribution in [0.15, 0.2) is 23.1 Å². The Bertz CT molecular complexity index is 726. The summed E-state index contributed by atoms with van der Waals surface area (Å²) in [5.74, 6) is 0.587. The average molecular weight is 350 g/mol. The fourth-order valence-corrected chi connectivity index (χ4v) is 4.45. The lowest BCUT2D eigenvalue weighted by atomic mass is 10.0. The summed E-state index contributed by atoms with van der Waals surface area (Å²) in [5.41, 5.74) is 1.32. The Morgan fingerprint density at radius 2 is 1.92 bits per heavy atom. The van der Waals surface area contributed by atoms with Gasteiger partial charge in [-0.25, -0.2) is 13.1 Å². The Balaban J connectivity index is 1.84. The van der Waals surface area contributed by atoms with Crippen LogP contribution in [0.4, 0.5) is 0 Å². The molecular formula is C18H26N2O3S. The first-order valence-corrected chi connectivity index (χ1v) is 10.3. The fraction of sp³-hybridized carbons (Fsp3) is 0.611. The summed E-state index contributed by atoms with van der Waals surface area (Å²) < 4.78 is 27.5. The number of benzene rings is 1. The maximum atomic E-state index is 12.9. The van der Waals surface area contributed by atoms with E-state index in [2.05, 4.69) is 11.6 Å². The molecular weight excluding hydrogens is 324 g/mol. The van der Waals surface area contributed by atoms with E-state index in [4.69, 9.17) is 0 Å². The lowest BCUT2D eigenvalue weighted by molar-refractivity contribution is 0.0759. The normalized spacial score (nSPS) is 22.2. The first kappa shape index (κ1) is 17.4. The highest BCUT2D eigenvalue weighted by Crippen LogP contribution is 2.24. The van der Waals surface area contributed by atoms with Crippen LogP contribution in [0.1, 0.15) is 54.9 Å². The molecule has 132 valence electrons. The number of sulfonamides is 1. The summed E-state index contributed by atoms with van der Waals surface area (Å²) in [5, 5.41) is 0. The van der Waals surface area contributed by atoms with Crippen molar-refractivity contribution in [2.24, 2.45) is 5.92 Å². The molecule has 1 amide bonds. The van der Waals surface area contributed by atoms with Gasteiger partial charge in [-0.15, -0.1) is 0 Å². The SMILES string of the molecule is Cc1ccc(S(=O)(=O)NC2CC2)cc1C(=O)N1CCCC(C)CC1. The lowest BCUT2D eigenvalue weighted by Gasteiger charge is -2.22. The Kier molecular flexibility index (Phi) is 4.97. The van der Waals surface area contributed by atoms with Crippen LogP contribution in [0.25, 0.3) is 0 Å². The standard InChI is InChI=1S/C18H26N2O3S/c1-13-4-3-10-20(11-9-13)18(21)17-12-16(8-5-14(17)2)24(22,23)19-15-6-7-15/h5,8,12-13,15,19H,3-4,6-7,9-11H2,1-2H3. The summed E-state index contributed by atoms with van der Waals surface area (Å²) in [4.78, 5) is 15.0. The number of amides is 1. The lowest BCUT2D eigenvalue weighted by Crippen LogP contribution is -2.33. The van der Waals surface area contributed by atoms with Crippen molar-refractivity contribution in [1.29, 1.82) is 0 Å². The van der Waals surface area contributed by atoms with Gasteiger partial charge in [0.1, 0.15) is 0 Å². The summed E-state index contributed by atoms with van der Waals surface area (Å²) in [6.07, 6.45) is 4.94. The Labute approximate surface area is 144 Å². The maximum Gasteiger partial charge on any atom is 0.254 e. The fourth-order valence-electron chi connectivity index (χ4n) is 3.12. The molecule has 1 aromatic rings. The molecule has 0 aromatic heterocycles. The van der Waals surface area contributed by atoms with E-state index >= 15 is 0 Å². The number of likely N-dealkylation sites (tertiary alicyclic amines) is 1. The molecule has 1 aliphatic heterocycles. The van der Waals surface area contributed by atoms with Crippen LogP contribution in [0.2, 0.25) is 0 Å². The van der Waals surface area contributed by atoms with Gasteiger partial charge in [0, 0.05) is 24.7 Å². The molecule has 1 saturated carbocycles. The van der Waals surface area contributed by atoms with Crippen LogP contribution in [0.3, 0.4) is 0 Å². The highest BCUT2D eigenvalue weighted by atomic mass is 32.2. The quantitative estimate of drug-likeness (QED) is 0.908. The van der Waals surface area contributed by atoms with E-state index in [-0.39, 0.29) is 16.8 Å². The number of rotatable bonds is 4. The molecule has 24 heavy (non-hydrogen) atoms. The van der Waals surface area contributed by atoms with Gasteiger partial charge in [-0.1, -0.05) is 13.0 Å². The predicted octanol–water partition coefficient (Wildman–Crippen LogP) is 2.70. The third-order valence-corrected chi connectivity index (χ3v) is 6.47. The number of carbonyl (C=O) groups is 1. The van der Waals surface area contributed by atoms with Crippen LogP contribution < -0.4 is 4.72 Å². The van der Waals surface area contributed by atoms with E-state index in [9.17, 15) is 13.2 Å². The molecule has 1 N–H and O–H groups in total. The van der Waals surface area contributed by atoms with E-state index in [0.717, 1.165) is 50.8 Å². The van der Waals surface area contributed by atoms with Gasteiger partial charge in [-0.3, -0.25) is 4.79 Å². The van der Waals surface area contributed by atoms with Crippen molar-refractivity contribution in [3.05, 3.63) is 29.3 Å². The molecule has 1 heterocycles. The number of nitrogens with one attached hydrogen (secondary N) is 1. The second-order valence-corrected chi connectivity index (χ2v) is 8.91. The van der Waals surface area contributed by atoms with Crippen molar-refractivity contribution in [2.45, 2.75) is 56.9 Å². The van der Waals surface area contributed by atoms with Crippen LogP contribution in [-0.4, -0.2) is 38.4 Å². The number of hydrogen-bond donors (Lipinski definition) is 1. The van der Waals surface area contributed by atoms with Gasteiger partial charge < -0.3 is 4.90 Å². The molecule has 2 aliphatic rings. The van der Waals surface area contributed by atoms with Crippen molar-refractivity contribution in [3.63, 3.8) is 0 Å². The zero-order chi connectivity index (χ0) is 17.3. The minimum atomic E-state index is -3.54. The highest BCUT2D eigenvalue weighted by molar-refractivity contribution is 7.89. The molecule has 1 saturated heterocycles. The van der Waals surface area contributed by atoms with Gasteiger partial charge >= 0.3 is 0 Å². The second kappa shape index (κ2) is 6.84. The van der Waals surface area contributed by atoms with Gasteiger partial charge in [0.15, 0.2) is 0 Å². The molecule has 0 radical (unpaired) electrons. The molecule has 0 bridgehead atoms. The number of hydrogen-bond acceptors (Lipinski definition) is 3. The summed E-state index contributed by atoms with van der Waals surface area (Å²) in [6.45, 7) is 5.57. The Hall–Kier alpha value is -1.40. The zero-order valence-electron chi connectivity index (χ0n) is 14.4. The molecule has 6 heteroatoms. The minimum Gasteiger partial charge on any atom is -0.339 e. The van der Waals surface area contributed by atoms with E-state index in [1.165, 1.54) is 6.07 Å². The molecule has 1 aromatic carbocycles. The van der Waals surface area contributed by atoms with Crippen LogP contribution >= 0.6 is 0 Å². The van der Waals surface area contributed by atoms with E-state index in [1.807, 2.05) is 11.8 Å². The molecule has 5 nitrogen and oxygen atoms in total. The van der Waals surface area contributed by atoms with Crippen LogP contribution in [0, 0.1) is 12.8 Å². The van der Waals surface area contributed by atoms with Crippen molar-refractivity contribution in [1.82, 2.24) is 9.62 Å². The van der Waals surface area contributed by atoms with Gasteiger partial charge in [0.2, 0.25) is 10.0 Å². The van der Waals surface area contributed by atoms with Crippen molar-refractivity contribution in [2.75, 3.05) is 13.1 Å². The number of aryl methyl sites for hydroxylation is 1. The van der Waals surface area contributed by atoms with Gasteiger partial charge in [0.25, 0.3) is 5.91 Å². The molecule has 1 aliphatic carbocycles. The number of nitrogens with zero attached hydrogens (tertiary/aromatic N) is 1. The summed E-state index contributed by atoms with van der Waals surface area (Å²) >= 11 is 0. The summed E-state index contributed by atoms with van der Waals surface area (Å²) in [7, 11) is -3.54. The largest absolute Gasteiger partial charge is 0.339 e. The second-order valence-electron chi connectivity index (χ2n) is 7.20. The predicted molar refractivity (Wildman–Crippen MR) is 93.4 cm³/mol. The van der Waals surface area contributed by atoms with E-state index in [0.29, 0.717) is 11.5 Å². The maximum absolute atomic E-state index is 12.9. The summed E-state index contributed by atoms with van der Waals surface area (Å²) in [6, 6.07) is 4.91. The highest BCUT2D eigenvalue weighted by Gasteiger charge is 2.29. The smallest absolute Gasteiger partial charge is 0.254 e. The molecule has 0 spiro atoms. The third kappa shape index (κ3) is 3.98. The van der Waals surface area contributed by atoms with Crippen molar-refractivity contribution < 1.29 is 13.2 Å². The third-order valence-electron chi connectivity index (χ3n) is 4.95. The van der Waals surface area contributed by atoms with Crippen molar-refractivity contribution >= 4 is 15.9 Å². The van der Waals surface area contributed by atoms with Gasteiger partial charge in [-0.05, 0) is 62.6 Å². The molecule has 3 rings (SSSR count). The monoisotopic (exact) mass is 350 g/mol. The Morgan fingerprint density at radius 3 is 2.62 bits per heavy atom.